The zero-order chi connectivity index (χ0) is 12.5. The Labute approximate surface area is 101 Å². The lowest BCUT2D eigenvalue weighted by molar-refractivity contribution is 0.0505. The van der Waals surface area contributed by atoms with Gasteiger partial charge in [-0.25, -0.2) is 0 Å². The second-order valence-corrected chi connectivity index (χ2v) is 4.67. The SMILES string of the molecule is Cc1ccc2cc(C(C)(O)CCN)ccc2n1. The van der Waals surface area contributed by atoms with Crippen LogP contribution in [0.3, 0.4) is 0 Å². The van der Waals surface area contributed by atoms with E-state index in [1.807, 2.05) is 37.3 Å². The molecule has 3 nitrogen and oxygen atoms in total. The highest BCUT2D eigenvalue weighted by molar-refractivity contribution is 5.79. The fourth-order valence-electron chi connectivity index (χ4n) is 1.99. The monoisotopic (exact) mass is 230 g/mol. The summed E-state index contributed by atoms with van der Waals surface area (Å²) < 4.78 is 0. The number of nitrogens with two attached hydrogens (primary N) is 1. The predicted octanol–water partition coefficient (Wildman–Crippen LogP) is 2.10. The summed E-state index contributed by atoms with van der Waals surface area (Å²) in [6, 6.07) is 9.86. The van der Waals surface area contributed by atoms with Gasteiger partial charge in [-0.05, 0) is 50.6 Å². The van der Waals surface area contributed by atoms with Gasteiger partial charge in [-0.1, -0.05) is 12.1 Å². The van der Waals surface area contributed by atoms with Crippen molar-refractivity contribution in [2.45, 2.75) is 25.9 Å². The zero-order valence-corrected chi connectivity index (χ0v) is 10.3. The number of benzene rings is 1. The number of aryl methyl sites for hydroxylation is 1. The maximum absolute atomic E-state index is 10.3. The Kier molecular flexibility index (Phi) is 3.13. The first-order chi connectivity index (χ1) is 8.03. The highest BCUT2D eigenvalue weighted by atomic mass is 16.3. The van der Waals surface area contributed by atoms with E-state index in [0.717, 1.165) is 22.2 Å². The summed E-state index contributed by atoms with van der Waals surface area (Å²) in [6.45, 7) is 4.23. The lowest BCUT2D eigenvalue weighted by Crippen LogP contribution is -2.24. The lowest BCUT2D eigenvalue weighted by Gasteiger charge is -2.23. The molecule has 0 spiro atoms. The summed E-state index contributed by atoms with van der Waals surface area (Å²) >= 11 is 0. The molecule has 0 saturated carbocycles. The van der Waals surface area contributed by atoms with E-state index in [0.29, 0.717) is 13.0 Å². The van der Waals surface area contributed by atoms with Gasteiger partial charge in [-0.3, -0.25) is 4.98 Å². The van der Waals surface area contributed by atoms with Crippen LogP contribution in [-0.2, 0) is 5.60 Å². The van der Waals surface area contributed by atoms with E-state index < -0.39 is 5.60 Å². The minimum absolute atomic E-state index is 0.469. The molecule has 1 atom stereocenters. The van der Waals surface area contributed by atoms with Crippen LogP contribution in [0.15, 0.2) is 30.3 Å². The van der Waals surface area contributed by atoms with Crippen LogP contribution in [0.25, 0.3) is 10.9 Å². The number of pyridine rings is 1. The van der Waals surface area contributed by atoms with E-state index in [1.54, 1.807) is 6.92 Å². The van der Waals surface area contributed by atoms with Gasteiger partial charge in [0.25, 0.3) is 0 Å². The normalized spacial score (nSPS) is 14.8. The Hall–Kier alpha value is -1.45. The summed E-state index contributed by atoms with van der Waals surface area (Å²) in [6.07, 6.45) is 0.553. The Morgan fingerprint density at radius 2 is 2.06 bits per heavy atom. The molecule has 0 bridgehead atoms. The molecule has 2 aromatic rings. The predicted molar refractivity (Wildman–Crippen MR) is 69.7 cm³/mol. The molecule has 1 aromatic carbocycles. The molecule has 0 radical (unpaired) electrons. The van der Waals surface area contributed by atoms with E-state index in [1.165, 1.54) is 0 Å². The molecule has 90 valence electrons. The molecular formula is C14H18N2O. The first-order valence-corrected chi connectivity index (χ1v) is 5.83. The minimum atomic E-state index is -0.867. The quantitative estimate of drug-likeness (QED) is 0.849. The van der Waals surface area contributed by atoms with Crippen molar-refractivity contribution in [3.05, 3.63) is 41.6 Å². The van der Waals surface area contributed by atoms with Crippen LogP contribution in [0.2, 0.25) is 0 Å². The Morgan fingerprint density at radius 3 is 2.76 bits per heavy atom. The third-order valence-corrected chi connectivity index (χ3v) is 3.08. The van der Waals surface area contributed by atoms with Gasteiger partial charge in [-0.2, -0.15) is 0 Å². The Bertz CT molecular complexity index is 535. The largest absolute Gasteiger partial charge is 0.385 e. The molecule has 0 aliphatic carbocycles. The summed E-state index contributed by atoms with van der Waals surface area (Å²) in [7, 11) is 0. The van der Waals surface area contributed by atoms with Crippen LogP contribution in [-0.4, -0.2) is 16.6 Å². The van der Waals surface area contributed by atoms with Gasteiger partial charge in [0, 0.05) is 11.1 Å². The van der Waals surface area contributed by atoms with Crippen molar-refractivity contribution in [3.8, 4) is 0 Å². The van der Waals surface area contributed by atoms with Gasteiger partial charge in [0.15, 0.2) is 0 Å². The van der Waals surface area contributed by atoms with Crippen molar-refractivity contribution in [2.75, 3.05) is 6.54 Å². The van der Waals surface area contributed by atoms with Gasteiger partial charge in [0.2, 0.25) is 0 Å². The summed E-state index contributed by atoms with van der Waals surface area (Å²) in [5.41, 5.74) is 7.49. The van der Waals surface area contributed by atoms with Gasteiger partial charge in [0.1, 0.15) is 0 Å². The third-order valence-electron chi connectivity index (χ3n) is 3.08. The summed E-state index contributed by atoms with van der Waals surface area (Å²) in [5, 5.41) is 11.3. The average molecular weight is 230 g/mol. The zero-order valence-electron chi connectivity index (χ0n) is 10.3. The van der Waals surface area contributed by atoms with Gasteiger partial charge < -0.3 is 10.8 Å². The van der Waals surface area contributed by atoms with Crippen molar-refractivity contribution >= 4 is 10.9 Å². The Balaban J connectivity index is 2.48. The fourth-order valence-corrected chi connectivity index (χ4v) is 1.99. The van der Waals surface area contributed by atoms with Crippen molar-refractivity contribution in [1.82, 2.24) is 4.98 Å². The molecule has 0 aliphatic rings. The molecular weight excluding hydrogens is 212 g/mol. The van der Waals surface area contributed by atoms with Crippen LogP contribution >= 0.6 is 0 Å². The van der Waals surface area contributed by atoms with Crippen molar-refractivity contribution in [2.24, 2.45) is 5.73 Å². The molecule has 3 heteroatoms. The van der Waals surface area contributed by atoms with E-state index >= 15 is 0 Å². The van der Waals surface area contributed by atoms with Crippen LogP contribution in [0.4, 0.5) is 0 Å². The molecule has 1 aromatic heterocycles. The van der Waals surface area contributed by atoms with Gasteiger partial charge >= 0.3 is 0 Å². The molecule has 0 fully saturated rings. The standard InChI is InChI=1S/C14H18N2O/c1-10-3-4-11-9-12(5-6-13(11)16-10)14(2,17)7-8-15/h3-6,9,17H,7-8,15H2,1-2H3. The lowest BCUT2D eigenvalue weighted by atomic mass is 9.91. The van der Waals surface area contributed by atoms with E-state index in [9.17, 15) is 5.11 Å². The van der Waals surface area contributed by atoms with Crippen molar-refractivity contribution in [3.63, 3.8) is 0 Å². The minimum Gasteiger partial charge on any atom is -0.385 e. The highest BCUT2D eigenvalue weighted by Gasteiger charge is 2.22. The molecule has 1 unspecified atom stereocenters. The molecule has 17 heavy (non-hydrogen) atoms. The molecule has 0 aliphatic heterocycles. The number of rotatable bonds is 3. The Morgan fingerprint density at radius 1 is 1.29 bits per heavy atom. The van der Waals surface area contributed by atoms with E-state index in [4.69, 9.17) is 5.73 Å². The first-order valence-electron chi connectivity index (χ1n) is 5.83. The molecule has 0 saturated heterocycles. The maximum atomic E-state index is 10.3. The smallest absolute Gasteiger partial charge is 0.0880 e. The highest BCUT2D eigenvalue weighted by Crippen LogP contribution is 2.26. The summed E-state index contributed by atoms with van der Waals surface area (Å²) in [5.74, 6) is 0. The van der Waals surface area contributed by atoms with Crippen LogP contribution < -0.4 is 5.73 Å². The number of hydrogen-bond acceptors (Lipinski definition) is 3. The molecule has 0 amide bonds. The number of aliphatic hydroxyl groups is 1. The number of nitrogens with zero attached hydrogens (tertiary/aromatic N) is 1. The first kappa shape index (κ1) is 12.0. The molecule has 1 heterocycles. The van der Waals surface area contributed by atoms with Crippen LogP contribution in [0.1, 0.15) is 24.6 Å². The number of hydrogen-bond donors (Lipinski definition) is 2. The van der Waals surface area contributed by atoms with Crippen molar-refractivity contribution in [1.29, 1.82) is 0 Å². The summed E-state index contributed by atoms with van der Waals surface area (Å²) in [4.78, 5) is 4.44. The van der Waals surface area contributed by atoms with Gasteiger partial charge in [0.05, 0.1) is 11.1 Å². The molecule has 2 rings (SSSR count). The third kappa shape index (κ3) is 2.46. The van der Waals surface area contributed by atoms with E-state index in [-0.39, 0.29) is 0 Å². The van der Waals surface area contributed by atoms with Crippen LogP contribution in [0, 0.1) is 6.92 Å². The maximum Gasteiger partial charge on any atom is 0.0880 e. The molecule has 3 N–H and O–H groups in total. The van der Waals surface area contributed by atoms with Crippen molar-refractivity contribution < 1.29 is 5.11 Å². The van der Waals surface area contributed by atoms with Gasteiger partial charge in [-0.15, -0.1) is 0 Å². The number of fused-ring (bicyclic) bond motifs is 1. The average Bonchev–Trinajstić information content (AvgIpc) is 2.28. The fraction of sp³-hybridized carbons (Fsp3) is 0.357. The second-order valence-electron chi connectivity index (χ2n) is 4.67. The van der Waals surface area contributed by atoms with E-state index in [2.05, 4.69) is 4.98 Å². The topological polar surface area (TPSA) is 59.1 Å². The second kappa shape index (κ2) is 4.43. The van der Waals surface area contributed by atoms with Crippen LogP contribution in [0.5, 0.6) is 0 Å². The number of aromatic nitrogens is 1.